The fraction of sp³-hybridized carbons (Fsp3) is 0.273. The molecule has 3 heteroatoms. The number of aliphatic hydroxyl groups excluding tert-OH is 1. The molecule has 0 fully saturated rings. The highest BCUT2D eigenvalue weighted by Crippen LogP contribution is 2.38. The van der Waals surface area contributed by atoms with Crippen LogP contribution < -0.4 is 0 Å². The molecule has 2 aromatic rings. The van der Waals surface area contributed by atoms with Crippen molar-refractivity contribution in [2.75, 3.05) is 0 Å². The maximum absolute atomic E-state index is 9.61. The van der Waals surface area contributed by atoms with Crippen molar-refractivity contribution in [3.05, 3.63) is 33.1 Å². The van der Waals surface area contributed by atoms with Crippen LogP contribution in [0.2, 0.25) is 0 Å². The van der Waals surface area contributed by atoms with E-state index in [9.17, 15) is 5.11 Å². The topological polar surface area (TPSA) is 20.2 Å². The first-order chi connectivity index (χ1) is 6.61. The van der Waals surface area contributed by atoms with Crippen molar-refractivity contribution in [3.63, 3.8) is 0 Å². The normalized spacial score (nSPS) is 13.4. The van der Waals surface area contributed by atoms with Crippen LogP contribution in [0, 0.1) is 6.92 Å². The Morgan fingerprint density at radius 2 is 2.14 bits per heavy atom. The molecular weight excluding hydrogens is 260 g/mol. The van der Waals surface area contributed by atoms with Gasteiger partial charge < -0.3 is 5.11 Å². The zero-order valence-corrected chi connectivity index (χ0v) is 10.4. The lowest BCUT2D eigenvalue weighted by atomic mass is 10.1. The van der Waals surface area contributed by atoms with Crippen molar-refractivity contribution in [1.82, 2.24) is 0 Å². The molecule has 2 rings (SSSR count). The van der Waals surface area contributed by atoms with Crippen LogP contribution >= 0.6 is 27.3 Å². The molecule has 0 radical (unpaired) electrons. The fourth-order valence-corrected chi connectivity index (χ4v) is 3.40. The number of hydrogen-bond acceptors (Lipinski definition) is 2. The third kappa shape index (κ3) is 1.49. The van der Waals surface area contributed by atoms with E-state index in [2.05, 4.69) is 28.9 Å². The SMILES string of the molecule is Cc1sc2c(C(C)O)cccc2c1Br. The molecule has 1 unspecified atom stereocenters. The Kier molecular flexibility index (Phi) is 2.64. The molecular formula is C11H11BrOS. The Morgan fingerprint density at radius 1 is 1.43 bits per heavy atom. The zero-order valence-electron chi connectivity index (χ0n) is 8.04. The largest absolute Gasteiger partial charge is 0.389 e. The summed E-state index contributed by atoms with van der Waals surface area (Å²) in [6, 6.07) is 6.05. The Labute approximate surface area is 95.5 Å². The minimum absolute atomic E-state index is 0.399. The van der Waals surface area contributed by atoms with E-state index in [1.807, 2.05) is 12.1 Å². The molecule has 0 spiro atoms. The summed E-state index contributed by atoms with van der Waals surface area (Å²) in [6.07, 6.45) is -0.399. The predicted molar refractivity (Wildman–Crippen MR) is 64.9 cm³/mol. The Bertz CT molecular complexity index is 473. The van der Waals surface area contributed by atoms with E-state index >= 15 is 0 Å². The number of aliphatic hydroxyl groups is 1. The van der Waals surface area contributed by atoms with Gasteiger partial charge >= 0.3 is 0 Å². The monoisotopic (exact) mass is 270 g/mol. The van der Waals surface area contributed by atoms with Gasteiger partial charge in [-0.15, -0.1) is 11.3 Å². The van der Waals surface area contributed by atoms with Crippen LogP contribution in [-0.4, -0.2) is 5.11 Å². The summed E-state index contributed by atoms with van der Waals surface area (Å²) in [5.74, 6) is 0. The van der Waals surface area contributed by atoms with Crippen LogP contribution in [0.1, 0.15) is 23.5 Å². The molecule has 74 valence electrons. The average molecular weight is 271 g/mol. The highest BCUT2D eigenvalue weighted by Gasteiger charge is 2.12. The molecule has 1 aromatic carbocycles. The second kappa shape index (κ2) is 3.65. The minimum Gasteiger partial charge on any atom is -0.389 e. The molecule has 0 saturated carbocycles. The van der Waals surface area contributed by atoms with Gasteiger partial charge in [-0.25, -0.2) is 0 Å². The summed E-state index contributed by atoms with van der Waals surface area (Å²) in [5.41, 5.74) is 1.02. The number of rotatable bonds is 1. The summed E-state index contributed by atoms with van der Waals surface area (Å²) >= 11 is 5.29. The number of aryl methyl sites for hydroxylation is 1. The Balaban J connectivity index is 2.81. The van der Waals surface area contributed by atoms with Crippen molar-refractivity contribution in [1.29, 1.82) is 0 Å². The molecule has 0 saturated heterocycles. The molecule has 1 atom stereocenters. The smallest absolute Gasteiger partial charge is 0.0775 e. The van der Waals surface area contributed by atoms with Gasteiger partial charge in [0.2, 0.25) is 0 Å². The van der Waals surface area contributed by atoms with Crippen LogP contribution in [0.4, 0.5) is 0 Å². The van der Waals surface area contributed by atoms with Gasteiger partial charge in [0.15, 0.2) is 0 Å². The average Bonchev–Trinajstić information content (AvgIpc) is 2.43. The van der Waals surface area contributed by atoms with Crippen molar-refractivity contribution in [2.24, 2.45) is 0 Å². The number of benzene rings is 1. The van der Waals surface area contributed by atoms with Crippen LogP contribution in [0.15, 0.2) is 22.7 Å². The third-order valence-corrected chi connectivity index (χ3v) is 4.75. The highest BCUT2D eigenvalue weighted by atomic mass is 79.9. The summed E-state index contributed by atoms with van der Waals surface area (Å²) in [4.78, 5) is 1.26. The Hall–Kier alpha value is -0.380. The van der Waals surface area contributed by atoms with Crippen LogP contribution in [0.25, 0.3) is 10.1 Å². The quantitative estimate of drug-likeness (QED) is 0.830. The fourth-order valence-electron chi connectivity index (χ4n) is 1.56. The van der Waals surface area contributed by atoms with E-state index in [1.165, 1.54) is 15.0 Å². The van der Waals surface area contributed by atoms with Gasteiger partial charge in [-0.1, -0.05) is 18.2 Å². The van der Waals surface area contributed by atoms with Gasteiger partial charge in [0.05, 0.1) is 6.10 Å². The van der Waals surface area contributed by atoms with Crippen LogP contribution in [0.3, 0.4) is 0 Å². The zero-order chi connectivity index (χ0) is 10.3. The first kappa shape index (κ1) is 10.1. The maximum Gasteiger partial charge on any atom is 0.0775 e. The molecule has 0 aliphatic heterocycles. The van der Waals surface area contributed by atoms with E-state index in [1.54, 1.807) is 18.3 Å². The highest BCUT2D eigenvalue weighted by molar-refractivity contribution is 9.10. The number of halogens is 1. The van der Waals surface area contributed by atoms with Crippen molar-refractivity contribution in [2.45, 2.75) is 20.0 Å². The number of fused-ring (bicyclic) bond motifs is 1. The molecule has 0 aliphatic rings. The van der Waals surface area contributed by atoms with Gasteiger partial charge in [0, 0.05) is 19.4 Å². The van der Waals surface area contributed by atoms with Crippen molar-refractivity contribution in [3.8, 4) is 0 Å². The second-order valence-corrected chi connectivity index (χ2v) is 5.39. The summed E-state index contributed by atoms with van der Waals surface area (Å²) in [6.45, 7) is 3.89. The van der Waals surface area contributed by atoms with E-state index in [4.69, 9.17) is 0 Å². The molecule has 1 N–H and O–H groups in total. The number of thiophene rings is 1. The summed E-state index contributed by atoms with van der Waals surface area (Å²) < 4.78 is 2.34. The second-order valence-electron chi connectivity index (χ2n) is 3.37. The lowest BCUT2D eigenvalue weighted by Gasteiger charge is -2.05. The first-order valence-electron chi connectivity index (χ1n) is 4.47. The predicted octanol–water partition coefficient (Wildman–Crippen LogP) is 4.03. The first-order valence-corrected chi connectivity index (χ1v) is 6.07. The molecule has 0 aliphatic carbocycles. The lowest BCUT2D eigenvalue weighted by Crippen LogP contribution is -1.89. The van der Waals surface area contributed by atoms with Crippen LogP contribution in [0.5, 0.6) is 0 Å². The van der Waals surface area contributed by atoms with Crippen molar-refractivity contribution >= 4 is 37.4 Å². The summed E-state index contributed by atoms with van der Waals surface area (Å²) in [5, 5.41) is 10.8. The molecule has 14 heavy (non-hydrogen) atoms. The summed E-state index contributed by atoms with van der Waals surface area (Å²) in [7, 11) is 0. The molecule has 1 aromatic heterocycles. The molecule has 0 bridgehead atoms. The minimum atomic E-state index is -0.399. The number of hydrogen-bond donors (Lipinski definition) is 1. The third-order valence-electron chi connectivity index (χ3n) is 2.30. The Morgan fingerprint density at radius 3 is 2.79 bits per heavy atom. The molecule has 1 heterocycles. The standard InChI is InChI=1S/C11H11BrOS/c1-6(13)8-4-3-5-9-10(12)7(2)14-11(8)9/h3-6,13H,1-2H3. The van der Waals surface area contributed by atoms with E-state index in [-0.39, 0.29) is 0 Å². The van der Waals surface area contributed by atoms with Gasteiger partial charge in [-0.05, 0) is 35.3 Å². The van der Waals surface area contributed by atoms with Gasteiger partial charge in [0.1, 0.15) is 0 Å². The lowest BCUT2D eigenvalue weighted by molar-refractivity contribution is 0.201. The van der Waals surface area contributed by atoms with Gasteiger partial charge in [0.25, 0.3) is 0 Å². The van der Waals surface area contributed by atoms with Crippen LogP contribution in [-0.2, 0) is 0 Å². The molecule has 0 amide bonds. The van der Waals surface area contributed by atoms with Crippen molar-refractivity contribution < 1.29 is 5.11 Å². The van der Waals surface area contributed by atoms with E-state index in [0.29, 0.717) is 0 Å². The van der Waals surface area contributed by atoms with E-state index in [0.717, 1.165) is 10.0 Å². The van der Waals surface area contributed by atoms with Gasteiger partial charge in [-0.3, -0.25) is 0 Å². The maximum atomic E-state index is 9.61. The van der Waals surface area contributed by atoms with Gasteiger partial charge in [-0.2, -0.15) is 0 Å². The van der Waals surface area contributed by atoms with E-state index < -0.39 is 6.10 Å². The molecule has 1 nitrogen and oxygen atoms in total.